The Morgan fingerprint density at radius 1 is 1.13 bits per heavy atom. The number of nitrogens with one attached hydrogen (secondary N) is 4. The van der Waals surface area contributed by atoms with Crippen LogP contribution in [0.4, 0.5) is 8.78 Å². The molecule has 3 fully saturated rings. The molecule has 0 bridgehead atoms. The van der Waals surface area contributed by atoms with Crippen LogP contribution in [0.15, 0.2) is 54.6 Å². The predicted octanol–water partition coefficient (Wildman–Crippen LogP) is 2.70. The first-order valence-electron chi connectivity index (χ1n) is 15.4. The molecule has 3 aromatic rings. The Bertz CT molecular complexity index is 1650. The van der Waals surface area contributed by atoms with Crippen LogP contribution in [0.1, 0.15) is 48.2 Å². The summed E-state index contributed by atoms with van der Waals surface area (Å²) >= 11 is 0. The number of aliphatic hydroxyl groups is 1. The highest BCUT2D eigenvalue weighted by Crippen LogP contribution is 2.66. The van der Waals surface area contributed by atoms with Crippen LogP contribution in [0.3, 0.4) is 0 Å². The van der Waals surface area contributed by atoms with Crippen molar-refractivity contribution in [2.75, 3.05) is 20.2 Å². The minimum atomic E-state index is -3.01. The minimum absolute atomic E-state index is 0.104. The van der Waals surface area contributed by atoms with E-state index in [1.807, 2.05) is 6.07 Å². The van der Waals surface area contributed by atoms with E-state index in [1.54, 1.807) is 48.5 Å². The number of nitrogens with zero attached hydrogens (tertiary/aromatic N) is 1. The van der Waals surface area contributed by atoms with Gasteiger partial charge < -0.3 is 35.7 Å². The molecule has 11 nitrogen and oxygen atoms in total. The second-order valence-corrected chi connectivity index (χ2v) is 12.5. The van der Waals surface area contributed by atoms with E-state index in [9.17, 15) is 33.1 Å². The molecule has 13 heteroatoms. The Morgan fingerprint density at radius 3 is 2.59 bits per heavy atom. The molecule has 46 heavy (non-hydrogen) atoms. The molecule has 2 saturated heterocycles. The average Bonchev–Trinajstić information content (AvgIpc) is 3.36. The zero-order valence-corrected chi connectivity index (χ0v) is 25.4. The summed E-state index contributed by atoms with van der Waals surface area (Å²) in [6.07, 6.45) is -2.60. The number of hydrogen-bond acceptors (Lipinski definition) is 6. The van der Waals surface area contributed by atoms with Gasteiger partial charge in [0.1, 0.15) is 23.7 Å². The number of piperidine rings is 1. The summed E-state index contributed by atoms with van der Waals surface area (Å²) in [6, 6.07) is 15.8. The van der Waals surface area contributed by atoms with Crippen LogP contribution < -0.4 is 20.7 Å². The fraction of sp³-hybridized carbons (Fsp3) is 0.455. The van der Waals surface area contributed by atoms with Crippen molar-refractivity contribution in [3.63, 3.8) is 0 Å². The SMILES string of the molecule is COc1cccc2[nH]c(C(=O)N3C[C@]4(C[C@H]3NC(=O)[C@@H](C[C@@H]3CCCNC3=O)C(O)C(=O)NCc3ccccc3)CC4(F)F)cc12. The molecule has 3 heterocycles. The van der Waals surface area contributed by atoms with Crippen LogP contribution in [0.5, 0.6) is 5.75 Å². The van der Waals surface area contributed by atoms with Gasteiger partial charge in [-0.15, -0.1) is 0 Å². The maximum Gasteiger partial charge on any atom is 0.271 e. The topological polar surface area (TPSA) is 153 Å². The number of aliphatic hydroxyl groups excluding tert-OH is 1. The Balaban J connectivity index is 1.24. The third-order valence-electron chi connectivity index (χ3n) is 9.52. The van der Waals surface area contributed by atoms with Gasteiger partial charge in [0, 0.05) is 42.9 Å². The first kappa shape index (κ1) is 31.5. The summed E-state index contributed by atoms with van der Waals surface area (Å²) in [4.78, 5) is 57.6. The summed E-state index contributed by atoms with van der Waals surface area (Å²) in [6.45, 7) is 0.306. The zero-order valence-electron chi connectivity index (χ0n) is 25.4. The Kier molecular flexibility index (Phi) is 8.45. The number of ether oxygens (including phenoxy) is 1. The van der Waals surface area contributed by atoms with Crippen LogP contribution in [-0.2, 0) is 20.9 Å². The number of rotatable bonds is 10. The molecular formula is C33H37F2N5O6. The van der Waals surface area contributed by atoms with Crippen molar-refractivity contribution >= 4 is 34.5 Å². The van der Waals surface area contributed by atoms with Gasteiger partial charge in [0.2, 0.25) is 17.7 Å². The molecule has 1 unspecified atom stereocenters. The predicted molar refractivity (Wildman–Crippen MR) is 163 cm³/mol. The lowest BCUT2D eigenvalue weighted by atomic mass is 9.84. The van der Waals surface area contributed by atoms with Crippen molar-refractivity contribution in [3.8, 4) is 5.75 Å². The van der Waals surface area contributed by atoms with Gasteiger partial charge in [-0.05, 0) is 49.4 Å². The monoisotopic (exact) mass is 637 g/mol. The lowest BCUT2D eigenvalue weighted by Crippen LogP contribution is -2.53. The quantitative estimate of drug-likeness (QED) is 0.231. The number of amides is 4. The molecule has 2 aliphatic heterocycles. The maximum atomic E-state index is 14.7. The van der Waals surface area contributed by atoms with E-state index in [0.29, 0.717) is 36.0 Å². The number of hydrogen-bond donors (Lipinski definition) is 5. The molecule has 1 spiro atoms. The molecule has 1 aromatic heterocycles. The molecule has 6 rings (SSSR count). The number of benzene rings is 2. The van der Waals surface area contributed by atoms with Crippen molar-refractivity contribution in [1.82, 2.24) is 25.8 Å². The van der Waals surface area contributed by atoms with E-state index in [1.165, 1.54) is 12.0 Å². The van der Waals surface area contributed by atoms with E-state index in [-0.39, 0.29) is 37.5 Å². The van der Waals surface area contributed by atoms with Gasteiger partial charge in [-0.25, -0.2) is 8.78 Å². The molecule has 0 radical (unpaired) electrons. The van der Waals surface area contributed by atoms with Crippen molar-refractivity contribution in [3.05, 3.63) is 65.9 Å². The second-order valence-electron chi connectivity index (χ2n) is 12.5. The number of aromatic nitrogens is 1. The molecule has 1 aliphatic carbocycles. The van der Waals surface area contributed by atoms with Gasteiger partial charge >= 0.3 is 0 Å². The highest BCUT2D eigenvalue weighted by atomic mass is 19.3. The second kappa shape index (κ2) is 12.3. The number of carbonyl (C=O) groups is 4. The summed E-state index contributed by atoms with van der Waals surface area (Å²) < 4.78 is 34.7. The van der Waals surface area contributed by atoms with Crippen molar-refractivity contribution in [1.29, 1.82) is 0 Å². The van der Waals surface area contributed by atoms with Crippen molar-refractivity contribution in [2.45, 2.75) is 56.8 Å². The Labute approximate surface area is 264 Å². The Morgan fingerprint density at radius 2 is 1.89 bits per heavy atom. The summed E-state index contributed by atoms with van der Waals surface area (Å²) in [5, 5.41) is 19.9. The number of alkyl halides is 2. The van der Waals surface area contributed by atoms with Crippen LogP contribution in [-0.4, -0.2) is 77.0 Å². The smallest absolute Gasteiger partial charge is 0.271 e. The summed E-state index contributed by atoms with van der Waals surface area (Å²) in [7, 11) is 1.50. The van der Waals surface area contributed by atoms with Gasteiger partial charge in [0.05, 0.1) is 18.4 Å². The molecular weight excluding hydrogens is 600 g/mol. The Hall–Kier alpha value is -4.52. The first-order valence-corrected chi connectivity index (χ1v) is 15.4. The van der Waals surface area contributed by atoms with Gasteiger partial charge in [-0.2, -0.15) is 0 Å². The van der Waals surface area contributed by atoms with E-state index >= 15 is 0 Å². The number of halogens is 2. The average molecular weight is 638 g/mol. The van der Waals surface area contributed by atoms with Crippen LogP contribution in [0.25, 0.3) is 10.9 Å². The summed E-state index contributed by atoms with van der Waals surface area (Å²) in [5.41, 5.74) is 0.0374. The fourth-order valence-corrected chi connectivity index (χ4v) is 6.76. The van der Waals surface area contributed by atoms with E-state index < -0.39 is 59.6 Å². The van der Waals surface area contributed by atoms with E-state index in [0.717, 1.165) is 5.56 Å². The van der Waals surface area contributed by atoms with Crippen LogP contribution >= 0.6 is 0 Å². The number of carbonyl (C=O) groups excluding carboxylic acids is 4. The number of H-pyrrole nitrogens is 1. The highest BCUT2D eigenvalue weighted by molar-refractivity contribution is 6.00. The maximum absolute atomic E-state index is 14.7. The number of methoxy groups -OCH3 is 1. The largest absolute Gasteiger partial charge is 0.496 e. The lowest BCUT2D eigenvalue weighted by Gasteiger charge is -2.31. The normalized spacial score (nSPS) is 24.7. The van der Waals surface area contributed by atoms with Gasteiger partial charge in [-0.3, -0.25) is 19.2 Å². The van der Waals surface area contributed by atoms with Crippen LogP contribution in [0, 0.1) is 17.3 Å². The molecule has 5 N–H and O–H groups in total. The first-order chi connectivity index (χ1) is 22.0. The third kappa shape index (κ3) is 6.03. The molecule has 1 saturated carbocycles. The zero-order chi connectivity index (χ0) is 32.6. The molecule has 4 amide bonds. The fourth-order valence-electron chi connectivity index (χ4n) is 6.76. The molecule has 2 aromatic carbocycles. The molecule has 244 valence electrons. The number of fused-ring (bicyclic) bond motifs is 1. The molecule has 5 atom stereocenters. The number of likely N-dealkylation sites (tertiary alicyclic amines) is 1. The van der Waals surface area contributed by atoms with Crippen molar-refractivity contribution in [2.24, 2.45) is 17.3 Å². The van der Waals surface area contributed by atoms with Gasteiger partial charge in [-0.1, -0.05) is 36.4 Å². The highest BCUT2D eigenvalue weighted by Gasteiger charge is 2.75. The van der Waals surface area contributed by atoms with E-state index in [4.69, 9.17) is 4.74 Å². The van der Waals surface area contributed by atoms with Crippen molar-refractivity contribution < 1.29 is 37.8 Å². The van der Waals surface area contributed by atoms with Gasteiger partial charge in [0.25, 0.3) is 11.8 Å². The van der Waals surface area contributed by atoms with Crippen LogP contribution in [0.2, 0.25) is 0 Å². The minimum Gasteiger partial charge on any atom is -0.496 e. The lowest BCUT2D eigenvalue weighted by molar-refractivity contribution is -0.143. The number of aromatic amines is 1. The summed E-state index contributed by atoms with van der Waals surface area (Å²) in [5.74, 6) is -6.99. The molecule has 3 aliphatic rings. The standard InChI is InChI=1S/C33H37F2N5O6/c1-46-25-11-5-10-23-21(25)14-24(38-23)31(45)40-18-32(17-33(32,34)35)15-26(40)39-29(43)22(13-20-9-6-12-36-28(20)42)27(41)30(44)37-16-19-7-3-2-4-8-19/h2-5,7-8,10-11,14,20,22,26-27,38,41H,6,9,12-13,15-18H2,1H3,(H,36,42)(H,37,44)(H,39,43)/t20-,22-,26-,27?,32-/m0/s1. The third-order valence-corrected chi connectivity index (χ3v) is 9.52. The van der Waals surface area contributed by atoms with Gasteiger partial charge in [0.15, 0.2) is 0 Å². The van der Waals surface area contributed by atoms with E-state index in [2.05, 4.69) is 20.9 Å².